The Morgan fingerprint density at radius 1 is 1.50 bits per heavy atom. The molecular formula is C14H18N2O3S. The van der Waals surface area contributed by atoms with Crippen LogP contribution in [0.2, 0.25) is 0 Å². The minimum Gasteiger partial charge on any atom is -0.395 e. The van der Waals surface area contributed by atoms with Crippen LogP contribution >= 0.6 is 11.3 Å². The van der Waals surface area contributed by atoms with E-state index in [2.05, 4.69) is 17.2 Å². The van der Waals surface area contributed by atoms with Crippen LogP contribution in [0.1, 0.15) is 28.6 Å². The maximum atomic E-state index is 12.2. The lowest BCUT2D eigenvalue weighted by molar-refractivity contribution is -0.121. The van der Waals surface area contributed by atoms with E-state index in [1.807, 2.05) is 6.92 Å². The molecule has 1 aromatic rings. The average Bonchev–Trinajstić information content (AvgIpc) is 2.92. The first-order valence-electron chi connectivity index (χ1n) is 6.30. The number of carbonyl (C=O) groups is 2. The van der Waals surface area contributed by atoms with E-state index in [0.29, 0.717) is 18.5 Å². The number of hydrogen-bond acceptors (Lipinski definition) is 4. The van der Waals surface area contributed by atoms with E-state index in [9.17, 15) is 9.59 Å². The highest BCUT2D eigenvalue weighted by Gasteiger charge is 2.17. The monoisotopic (exact) mass is 294 g/mol. The predicted molar refractivity (Wildman–Crippen MR) is 78.5 cm³/mol. The van der Waals surface area contributed by atoms with Gasteiger partial charge in [0.15, 0.2) is 0 Å². The van der Waals surface area contributed by atoms with Crippen molar-refractivity contribution >= 4 is 23.2 Å². The summed E-state index contributed by atoms with van der Waals surface area (Å²) in [6, 6.07) is 1.71. The van der Waals surface area contributed by atoms with Gasteiger partial charge >= 0.3 is 0 Å². The molecule has 108 valence electrons. The summed E-state index contributed by atoms with van der Waals surface area (Å²) in [5, 5.41) is 12.9. The molecule has 1 rings (SSSR count). The molecule has 2 amide bonds. The second-order valence-corrected chi connectivity index (χ2v) is 4.88. The molecule has 0 spiro atoms. The standard InChI is InChI=1S/C14H18N2O3S/c1-3-16(9-13(18)15-2)14(19)11-8-12(20-10-11)6-4-5-7-17/h8,10,17H,3,5,7,9H2,1-2H3,(H,15,18). The van der Waals surface area contributed by atoms with Crippen LogP contribution < -0.4 is 5.32 Å². The third-order valence-electron chi connectivity index (χ3n) is 2.58. The molecule has 1 heterocycles. The molecule has 0 saturated carbocycles. The Kier molecular flexibility index (Phi) is 6.77. The van der Waals surface area contributed by atoms with Crippen LogP contribution in [0.25, 0.3) is 0 Å². The summed E-state index contributed by atoms with van der Waals surface area (Å²) in [6.45, 7) is 2.37. The molecule has 0 aliphatic carbocycles. The van der Waals surface area contributed by atoms with E-state index >= 15 is 0 Å². The summed E-state index contributed by atoms with van der Waals surface area (Å²) in [6.07, 6.45) is 0.416. The van der Waals surface area contributed by atoms with Crippen LogP contribution in [-0.2, 0) is 4.79 Å². The van der Waals surface area contributed by atoms with Crippen LogP contribution in [-0.4, -0.2) is 48.6 Å². The average molecular weight is 294 g/mol. The maximum absolute atomic E-state index is 12.2. The van der Waals surface area contributed by atoms with Gasteiger partial charge in [0.05, 0.1) is 23.6 Å². The molecule has 0 aliphatic heterocycles. The number of aliphatic hydroxyl groups excluding tert-OH is 1. The predicted octanol–water partition coefficient (Wildman–Crippen LogP) is 0.690. The molecule has 0 atom stereocenters. The van der Waals surface area contributed by atoms with E-state index < -0.39 is 0 Å². The van der Waals surface area contributed by atoms with Crippen molar-refractivity contribution in [1.29, 1.82) is 0 Å². The number of thiophene rings is 1. The van der Waals surface area contributed by atoms with Gasteiger partial charge in [-0.2, -0.15) is 0 Å². The first-order valence-corrected chi connectivity index (χ1v) is 7.18. The van der Waals surface area contributed by atoms with E-state index in [0.717, 1.165) is 4.88 Å². The maximum Gasteiger partial charge on any atom is 0.255 e. The van der Waals surface area contributed by atoms with Crippen molar-refractivity contribution < 1.29 is 14.7 Å². The summed E-state index contributed by atoms with van der Waals surface area (Å²) >= 11 is 1.38. The summed E-state index contributed by atoms with van der Waals surface area (Å²) in [5.41, 5.74) is 0.536. The molecule has 6 heteroatoms. The topological polar surface area (TPSA) is 69.6 Å². The van der Waals surface area contributed by atoms with Crippen LogP contribution in [0.3, 0.4) is 0 Å². The Balaban J connectivity index is 2.76. The Morgan fingerprint density at radius 2 is 2.25 bits per heavy atom. The van der Waals surface area contributed by atoms with Crippen LogP contribution in [0.5, 0.6) is 0 Å². The molecular weight excluding hydrogens is 276 g/mol. The van der Waals surface area contributed by atoms with Gasteiger partial charge in [-0.25, -0.2) is 0 Å². The zero-order valence-electron chi connectivity index (χ0n) is 11.6. The highest BCUT2D eigenvalue weighted by atomic mass is 32.1. The van der Waals surface area contributed by atoms with Gasteiger partial charge < -0.3 is 15.3 Å². The van der Waals surface area contributed by atoms with Crippen molar-refractivity contribution in [3.63, 3.8) is 0 Å². The third-order valence-corrected chi connectivity index (χ3v) is 3.42. The molecule has 5 nitrogen and oxygen atoms in total. The number of carbonyl (C=O) groups excluding carboxylic acids is 2. The molecule has 0 aliphatic rings. The van der Waals surface area contributed by atoms with Gasteiger partial charge in [0.1, 0.15) is 0 Å². The van der Waals surface area contributed by atoms with Crippen LogP contribution in [0.4, 0.5) is 0 Å². The Bertz CT molecular complexity index is 528. The summed E-state index contributed by atoms with van der Waals surface area (Å²) in [5.74, 6) is 5.32. The molecule has 0 saturated heterocycles. The highest BCUT2D eigenvalue weighted by Crippen LogP contribution is 2.15. The van der Waals surface area contributed by atoms with Crippen LogP contribution in [0.15, 0.2) is 11.4 Å². The molecule has 20 heavy (non-hydrogen) atoms. The van der Waals surface area contributed by atoms with Crippen molar-refractivity contribution in [1.82, 2.24) is 10.2 Å². The van der Waals surface area contributed by atoms with E-state index in [1.54, 1.807) is 18.5 Å². The van der Waals surface area contributed by atoms with Crippen molar-refractivity contribution in [2.75, 3.05) is 26.7 Å². The van der Waals surface area contributed by atoms with Gasteiger partial charge in [-0.1, -0.05) is 11.8 Å². The van der Waals surface area contributed by atoms with Gasteiger partial charge in [-0.05, 0) is 13.0 Å². The number of amides is 2. The van der Waals surface area contributed by atoms with Gasteiger partial charge in [0, 0.05) is 25.4 Å². The van der Waals surface area contributed by atoms with Gasteiger partial charge in [0.25, 0.3) is 5.91 Å². The normalized spacial score (nSPS) is 9.55. The highest BCUT2D eigenvalue weighted by molar-refractivity contribution is 7.10. The minimum atomic E-state index is -0.196. The van der Waals surface area contributed by atoms with Crippen LogP contribution in [0, 0.1) is 11.8 Å². The minimum absolute atomic E-state index is 0.0277. The largest absolute Gasteiger partial charge is 0.395 e. The summed E-state index contributed by atoms with van der Waals surface area (Å²) < 4.78 is 0. The first kappa shape index (κ1) is 16.2. The zero-order valence-corrected chi connectivity index (χ0v) is 12.4. The van der Waals surface area contributed by atoms with Gasteiger partial charge in [-0.15, -0.1) is 11.3 Å². The summed E-state index contributed by atoms with van der Waals surface area (Å²) in [7, 11) is 1.54. The Labute approximate surface area is 122 Å². The molecule has 2 N–H and O–H groups in total. The lowest BCUT2D eigenvalue weighted by Crippen LogP contribution is -2.39. The molecule has 0 radical (unpaired) electrons. The fraction of sp³-hybridized carbons (Fsp3) is 0.429. The first-order chi connectivity index (χ1) is 9.62. The van der Waals surface area contributed by atoms with Crippen molar-refractivity contribution in [3.8, 4) is 11.8 Å². The van der Waals surface area contributed by atoms with Crippen molar-refractivity contribution in [2.45, 2.75) is 13.3 Å². The smallest absolute Gasteiger partial charge is 0.255 e. The Morgan fingerprint density at radius 3 is 2.85 bits per heavy atom. The lowest BCUT2D eigenvalue weighted by Gasteiger charge is -2.19. The fourth-order valence-corrected chi connectivity index (χ4v) is 2.23. The van der Waals surface area contributed by atoms with E-state index in [4.69, 9.17) is 5.11 Å². The van der Waals surface area contributed by atoms with Gasteiger partial charge in [-0.3, -0.25) is 9.59 Å². The van der Waals surface area contributed by atoms with Crippen molar-refractivity contribution in [3.05, 3.63) is 21.9 Å². The Hall–Kier alpha value is -1.84. The number of nitrogens with one attached hydrogen (secondary N) is 1. The zero-order chi connectivity index (χ0) is 15.0. The SMILES string of the molecule is CCN(CC(=O)NC)C(=O)c1csc(C#CCCO)c1. The molecule has 0 aromatic carbocycles. The second kappa shape index (κ2) is 8.35. The van der Waals surface area contributed by atoms with Crippen molar-refractivity contribution in [2.24, 2.45) is 0 Å². The molecule has 0 bridgehead atoms. The number of hydrogen-bond donors (Lipinski definition) is 2. The molecule has 0 unspecified atom stereocenters. The number of rotatable bonds is 5. The number of nitrogens with zero attached hydrogens (tertiary/aromatic N) is 1. The lowest BCUT2D eigenvalue weighted by atomic mass is 10.2. The van der Waals surface area contributed by atoms with E-state index in [-0.39, 0.29) is 25.0 Å². The van der Waals surface area contributed by atoms with Gasteiger partial charge in [0.2, 0.25) is 5.91 Å². The second-order valence-electron chi connectivity index (χ2n) is 3.97. The number of aliphatic hydroxyl groups is 1. The quantitative estimate of drug-likeness (QED) is 0.785. The third kappa shape index (κ3) is 4.68. The summed E-state index contributed by atoms with van der Waals surface area (Å²) in [4.78, 5) is 25.8. The number of likely N-dealkylation sites (N-methyl/N-ethyl adjacent to an activating group) is 2. The fourth-order valence-electron chi connectivity index (χ4n) is 1.48. The van der Waals surface area contributed by atoms with E-state index in [1.165, 1.54) is 16.2 Å². The molecule has 0 fully saturated rings. The molecule has 1 aromatic heterocycles.